The summed E-state index contributed by atoms with van der Waals surface area (Å²) in [5.41, 5.74) is 2.97. The molecule has 0 saturated heterocycles. The first-order valence-electron chi connectivity index (χ1n) is 7.53. The summed E-state index contributed by atoms with van der Waals surface area (Å²) in [5, 5.41) is 10.8. The number of hydrogen-bond donors (Lipinski definition) is 3. The smallest absolute Gasteiger partial charge is 0.223 e. The molecule has 3 N–H and O–H groups in total. The second kappa shape index (κ2) is 5.96. The lowest BCUT2D eigenvalue weighted by atomic mass is 9.90. The molecule has 3 aromatic heterocycles. The van der Waals surface area contributed by atoms with Crippen LogP contribution in [0, 0.1) is 5.92 Å². The van der Waals surface area contributed by atoms with E-state index in [1.54, 1.807) is 30.1 Å². The Kier molecular flexibility index (Phi) is 3.66. The van der Waals surface area contributed by atoms with E-state index in [0.717, 1.165) is 41.4 Å². The highest BCUT2D eigenvalue weighted by Crippen LogP contribution is 2.33. The molecular weight excluding hydrogens is 312 g/mol. The molecule has 4 rings (SSSR count). The topological polar surface area (TPSA) is 99.3 Å². The van der Waals surface area contributed by atoms with Gasteiger partial charge in [-0.1, -0.05) is 0 Å². The van der Waals surface area contributed by atoms with Crippen molar-refractivity contribution in [3.05, 3.63) is 41.1 Å². The van der Waals surface area contributed by atoms with E-state index in [4.69, 9.17) is 0 Å². The Morgan fingerprint density at radius 1 is 1.48 bits per heavy atom. The average molecular weight is 328 g/mol. The molecule has 0 saturated carbocycles. The molecule has 1 unspecified atom stereocenters. The molecule has 8 heteroatoms. The molecule has 3 aromatic rings. The maximum absolute atomic E-state index is 12.4. The largest absolute Gasteiger partial charge is 0.350 e. The number of carbonyl (C=O) groups is 1. The van der Waals surface area contributed by atoms with Crippen LogP contribution >= 0.6 is 11.3 Å². The molecule has 118 valence electrons. The summed E-state index contributed by atoms with van der Waals surface area (Å²) >= 11 is 1.65. The molecule has 23 heavy (non-hydrogen) atoms. The fourth-order valence-corrected chi connectivity index (χ4v) is 3.96. The highest BCUT2D eigenvalue weighted by atomic mass is 32.1. The number of thiazole rings is 1. The Balaban J connectivity index is 1.43. The highest BCUT2D eigenvalue weighted by molar-refractivity contribution is 7.15. The van der Waals surface area contributed by atoms with Crippen molar-refractivity contribution < 1.29 is 4.79 Å². The van der Waals surface area contributed by atoms with E-state index >= 15 is 0 Å². The van der Waals surface area contributed by atoms with Crippen LogP contribution in [0.3, 0.4) is 0 Å². The molecule has 0 bridgehead atoms. The van der Waals surface area contributed by atoms with E-state index in [0.29, 0.717) is 6.54 Å². The van der Waals surface area contributed by atoms with Crippen LogP contribution in [-0.2, 0) is 24.2 Å². The molecule has 1 amide bonds. The number of aromatic nitrogens is 5. The van der Waals surface area contributed by atoms with Gasteiger partial charge in [-0.2, -0.15) is 5.10 Å². The van der Waals surface area contributed by atoms with Gasteiger partial charge in [-0.15, -0.1) is 11.3 Å². The van der Waals surface area contributed by atoms with Crippen LogP contribution in [0.15, 0.2) is 24.8 Å². The Morgan fingerprint density at radius 3 is 3.22 bits per heavy atom. The fraction of sp³-hybridized carbons (Fsp3) is 0.333. The molecule has 3 heterocycles. The molecule has 1 aliphatic carbocycles. The standard InChI is InChI=1S/C15H16N6OS/c22-14(17-7-10-6-16-8-18-10)9-1-2-11-13(5-9)23-15(20-11)12-3-4-19-21-12/h3-4,6,8-9H,1-2,5,7H2,(H,16,18)(H,17,22)(H,19,21). The summed E-state index contributed by atoms with van der Waals surface area (Å²) in [5.74, 6) is 0.113. The second-order valence-corrected chi connectivity index (χ2v) is 6.68. The van der Waals surface area contributed by atoms with Gasteiger partial charge in [-0.05, 0) is 25.3 Å². The quantitative estimate of drug-likeness (QED) is 0.678. The van der Waals surface area contributed by atoms with E-state index in [2.05, 4.69) is 30.5 Å². The Morgan fingerprint density at radius 2 is 2.43 bits per heavy atom. The van der Waals surface area contributed by atoms with Crippen LogP contribution < -0.4 is 5.32 Å². The lowest BCUT2D eigenvalue weighted by Crippen LogP contribution is -2.33. The van der Waals surface area contributed by atoms with Crippen molar-refractivity contribution in [3.63, 3.8) is 0 Å². The molecule has 0 fully saturated rings. The maximum atomic E-state index is 12.4. The number of H-pyrrole nitrogens is 2. The number of amides is 1. The molecule has 7 nitrogen and oxygen atoms in total. The van der Waals surface area contributed by atoms with Crippen LogP contribution in [0.2, 0.25) is 0 Å². The fourth-order valence-electron chi connectivity index (χ4n) is 2.80. The zero-order valence-corrected chi connectivity index (χ0v) is 13.2. The van der Waals surface area contributed by atoms with Crippen molar-refractivity contribution in [2.75, 3.05) is 0 Å². The van der Waals surface area contributed by atoms with Crippen LogP contribution in [-0.4, -0.2) is 31.1 Å². The molecule has 0 radical (unpaired) electrons. The second-order valence-electron chi connectivity index (χ2n) is 5.59. The molecule has 0 aromatic carbocycles. The Bertz CT molecular complexity index is 792. The van der Waals surface area contributed by atoms with Crippen molar-refractivity contribution in [1.29, 1.82) is 0 Å². The van der Waals surface area contributed by atoms with Crippen molar-refractivity contribution >= 4 is 17.2 Å². The maximum Gasteiger partial charge on any atom is 0.223 e. The summed E-state index contributed by atoms with van der Waals surface area (Å²) in [4.78, 5) is 25.2. The van der Waals surface area contributed by atoms with E-state index in [-0.39, 0.29) is 11.8 Å². The first-order chi connectivity index (χ1) is 11.3. The number of carbonyl (C=O) groups excluding carboxylic acids is 1. The molecule has 1 aliphatic rings. The van der Waals surface area contributed by atoms with Gasteiger partial charge in [0.25, 0.3) is 0 Å². The zero-order chi connectivity index (χ0) is 15.6. The minimum absolute atomic E-state index is 0.0143. The van der Waals surface area contributed by atoms with Gasteiger partial charge in [0.1, 0.15) is 5.01 Å². The summed E-state index contributed by atoms with van der Waals surface area (Å²) in [6, 6.07) is 1.92. The van der Waals surface area contributed by atoms with Gasteiger partial charge in [0, 0.05) is 23.2 Å². The number of nitrogens with one attached hydrogen (secondary N) is 3. The van der Waals surface area contributed by atoms with E-state index in [1.807, 2.05) is 6.07 Å². The minimum Gasteiger partial charge on any atom is -0.350 e. The Hall–Kier alpha value is -2.48. The number of aromatic amines is 2. The van der Waals surface area contributed by atoms with Crippen molar-refractivity contribution in [3.8, 4) is 10.7 Å². The monoisotopic (exact) mass is 328 g/mol. The predicted octanol–water partition coefficient (Wildman–Crippen LogP) is 1.68. The van der Waals surface area contributed by atoms with E-state index in [9.17, 15) is 4.79 Å². The van der Waals surface area contributed by atoms with Crippen molar-refractivity contribution in [2.45, 2.75) is 25.8 Å². The molecule has 0 spiro atoms. The third kappa shape index (κ3) is 2.89. The normalized spacial score (nSPS) is 17.0. The molecule has 0 aliphatic heterocycles. The van der Waals surface area contributed by atoms with Gasteiger partial charge in [-0.3, -0.25) is 9.89 Å². The first kappa shape index (κ1) is 14.1. The molecular formula is C15H16N6OS. The third-order valence-electron chi connectivity index (χ3n) is 4.05. The number of hydrogen-bond acceptors (Lipinski definition) is 5. The average Bonchev–Trinajstić information content (AvgIpc) is 3.32. The van der Waals surface area contributed by atoms with Gasteiger partial charge in [0.2, 0.25) is 5.91 Å². The van der Waals surface area contributed by atoms with Crippen LogP contribution in [0.1, 0.15) is 22.7 Å². The third-order valence-corrected chi connectivity index (χ3v) is 5.20. The lowest BCUT2D eigenvalue weighted by Gasteiger charge is -2.20. The number of aryl methyl sites for hydroxylation is 1. The number of rotatable bonds is 4. The highest BCUT2D eigenvalue weighted by Gasteiger charge is 2.27. The van der Waals surface area contributed by atoms with E-state index in [1.165, 1.54) is 4.88 Å². The van der Waals surface area contributed by atoms with Gasteiger partial charge in [0.15, 0.2) is 0 Å². The van der Waals surface area contributed by atoms with Crippen LogP contribution in [0.4, 0.5) is 0 Å². The van der Waals surface area contributed by atoms with Crippen LogP contribution in [0.5, 0.6) is 0 Å². The number of nitrogens with zero attached hydrogens (tertiary/aromatic N) is 3. The van der Waals surface area contributed by atoms with Crippen LogP contribution in [0.25, 0.3) is 10.7 Å². The summed E-state index contributed by atoms with van der Waals surface area (Å²) in [6.45, 7) is 0.490. The summed E-state index contributed by atoms with van der Waals surface area (Å²) < 4.78 is 0. The van der Waals surface area contributed by atoms with Crippen molar-refractivity contribution in [1.82, 2.24) is 30.5 Å². The number of imidazole rings is 1. The van der Waals surface area contributed by atoms with Gasteiger partial charge >= 0.3 is 0 Å². The summed E-state index contributed by atoms with van der Waals surface area (Å²) in [7, 11) is 0. The lowest BCUT2D eigenvalue weighted by molar-refractivity contribution is -0.125. The summed E-state index contributed by atoms with van der Waals surface area (Å²) in [6.07, 6.45) is 7.51. The minimum atomic E-state index is 0.0143. The SMILES string of the molecule is O=C(NCc1cnc[nH]1)C1CCc2nc(-c3ccn[nH]3)sc2C1. The zero-order valence-electron chi connectivity index (χ0n) is 12.4. The van der Waals surface area contributed by atoms with Gasteiger partial charge in [0.05, 0.1) is 30.0 Å². The Labute approximate surface area is 136 Å². The first-order valence-corrected chi connectivity index (χ1v) is 8.34. The molecule has 1 atom stereocenters. The van der Waals surface area contributed by atoms with Crippen molar-refractivity contribution in [2.24, 2.45) is 5.92 Å². The number of fused-ring (bicyclic) bond motifs is 1. The predicted molar refractivity (Wildman–Crippen MR) is 85.6 cm³/mol. The van der Waals surface area contributed by atoms with Gasteiger partial charge < -0.3 is 10.3 Å². The van der Waals surface area contributed by atoms with Gasteiger partial charge in [-0.25, -0.2) is 9.97 Å². The van der Waals surface area contributed by atoms with E-state index < -0.39 is 0 Å².